The number of unbranched alkanes of at least 4 members (excludes halogenated alkanes) is 2. The van der Waals surface area contributed by atoms with Gasteiger partial charge in [0, 0.05) is 6.92 Å². The summed E-state index contributed by atoms with van der Waals surface area (Å²) in [4.78, 5) is 10.2. The molecule has 0 bridgehead atoms. The summed E-state index contributed by atoms with van der Waals surface area (Å²) < 4.78 is 4.80. The quantitative estimate of drug-likeness (QED) is 0.445. The van der Waals surface area contributed by atoms with Gasteiger partial charge in [-0.2, -0.15) is 0 Å². The lowest BCUT2D eigenvalue weighted by molar-refractivity contribution is -0.151. The van der Waals surface area contributed by atoms with Crippen LogP contribution in [0, 0.1) is 6.92 Å². The molecule has 0 aliphatic carbocycles. The van der Waals surface area contributed by atoms with Crippen molar-refractivity contribution in [3.05, 3.63) is 47.5 Å². The van der Waals surface area contributed by atoms with E-state index in [4.69, 9.17) is 4.74 Å². The van der Waals surface area contributed by atoms with Gasteiger partial charge in [-0.1, -0.05) is 69.5 Å². The number of esters is 1. The number of hydrogen-bond acceptors (Lipinski definition) is 3. The average molecular weight is 387 g/mol. The van der Waals surface area contributed by atoms with Crippen LogP contribution in [0.4, 0.5) is 0 Å². The zero-order valence-electron chi connectivity index (χ0n) is 18.8. The van der Waals surface area contributed by atoms with Crippen LogP contribution in [-0.4, -0.2) is 16.7 Å². The molecule has 0 amide bonds. The molecule has 1 N–H and O–H groups in total. The lowest BCUT2D eigenvalue weighted by atomic mass is 9.82. The molecule has 2 aromatic carbocycles. The van der Waals surface area contributed by atoms with Crippen LogP contribution in [0.2, 0.25) is 0 Å². The van der Waals surface area contributed by atoms with E-state index in [9.17, 15) is 9.90 Å². The zero-order valence-corrected chi connectivity index (χ0v) is 18.8. The minimum atomic E-state index is -0.692. The van der Waals surface area contributed by atoms with Gasteiger partial charge in [-0.3, -0.25) is 4.79 Å². The van der Waals surface area contributed by atoms with E-state index in [1.165, 1.54) is 36.1 Å². The Morgan fingerprint density at radius 2 is 1.61 bits per heavy atom. The Bertz CT molecular complexity index is 758. The van der Waals surface area contributed by atoms with Crippen LogP contribution in [0.5, 0.6) is 0 Å². The molecule has 0 heterocycles. The summed E-state index contributed by atoms with van der Waals surface area (Å²) in [6.45, 7) is 13.4. The van der Waals surface area contributed by atoms with Gasteiger partial charge in [-0.15, -0.1) is 0 Å². The summed E-state index contributed by atoms with van der Waals surface area (Å²) in [6.07, 6.45) is 5.08. The highest BCUT2D eigenvalue weighted by molar-refractivity contribution is 5.89. The van der Waals surface area contributed by atoms with Crippen LogP contribution in [0.25, 0.3) is 10.8 Å². The Balaban J connectivity index is 0.000000416. The van der Waals surface area contributed by atoms with Crippen LogP contribution < -0.4 is 0 Å². The highest BCUT2D eigenvalue weighted by Crippen LogP contribution is 2.36. The second-order valence-corrected chi connectivity index (χ2v) is 8.52. The Hall–Kier alpha value is -1.87. The van der Waals surface area contributed by atoms with Crippen molar-refractivity contribution in [2.75, 3.05) is 0 Å². The molecule has 1 unspecified atom stereocenters. The van der Waals surface area contributed by atoms with Gasteiger partial charge in [0.15, 0.2) is 0 Å². The molecule has 0 spiro atoms. The zero-order chi connectivity index (χ0) is 21.4. The number of carbonyl (C=O) groups is 1. The van der Waals surface area contributed by atoms with Crippen molar-refractivity contribution in [1.82, 2.24) is 0 Å². The van der Waals surface area contributed by atoms with Gasteiger partial charge in [-0.05, 0) is 62.4 Å². The molecule has 3 heteroatoms. The fourth-order valence-electron chi connectivity index (χ4n) is 3.46. The van der Waals surface area contributed by atoms with E-state index in [0.717, 1.165) is 24.8 Å². The predicted octanol–water partition coefficient (Wildman–Crippen LogP) is 6.67. The molecule has 2 aromatic rings. The minimum absolute atomic E-state index is 0.225. The van der Waals surface area contributed by atoms with Gasteiger partial charge in [0.2, 0.25) is 0 Å². The van der Waals surface area contributed by atoms with Gasteiger partial charge in [0.25, 0.3) is 0 Å². The van der Waals surface area contributed by atoms with Crippen molar-refractivity contribution >= 4 is 16.7 Å². The standard InChI is InChI=1S/C19H26O.C6H12O2/c1-4-6-9-14-19(20,5-2)18-13-12-15(3)16-10-7-8-11-17(16)18;1-5(7)8-6(2,3)4/h7-8,10-13,20H,4-6,9,14H2,1-3H3;1-4H3. The molecule has 0 aromatic heterocycles. The van der Waals surface area contributed by atoms with Crippen LogP contribution in [-0.2, 0) is 15.1 Å². The fraction of sp³-hybridized carbons (Fsp3) is 0.560. The lowest BCUT2D eigenvalue weighted by Crippen LogP contribution is -2.25. The van der Waals surface area contributed by atoms with E-state index in [1.807, 2.05) is 20.8 Å². The summed E-state index contributed by atoms with van der Waals surface area (Å²) >= 11 is 0. The second-order valence-electron chi connectivity index (χ2n) is 8.52. The van der Waals surface area contributed by atoms with Crippen LogP contribution in [0.1, 0.15) is 84.8 Å². The van der Waals surface area contributed by atoms with Crippen molar-refractivity contribution in [1.29, 1.82) is 0 Å². The maximum Gasteiger partial charge on any atom is 0.303 e. The third-order valence-corrected chi connectivity index (χ3v) is 4.87. The molecule has 0 aliphatic heterocycles. The molecule has 0 radical (unpaired) electrons. The Labute approximate surface area is 171 Å². The lowest BCUT2D eigenvalue weighted by Gasteiger charge is -2.29. The van der Waals surface area contributed by atoms with Crippen LogP contribution in [0.3, 0.4) is 0 Å². The third kappa shape index (κ3) is 7.27. The topological polar surface area (TPSA) is 46.5 Å². The van der Waals surface area contributed by atoms with Gasteiger partial charge in [0.05, 0.1) is 5.60 Å². The van der Waals surface area contributed by atoms with E-state index in [0.29, 0.717) is 0 Å². The molecule has 0 saturated carbocycles. The number of aryl methyl sites for hydroxylation is 1. The average Bonchev–Trinajstić information content (AvgIpc) is 2.61. The molecule has 3 nitrogen and oxygen atoms in total. The van der Waals surface area contributed by atoms with Crippen molar-refractivity contribution < 1.29 is 14.6 Å². The predicted molar refractivity (Wildman–Crippen MR) is 119 cm³/mol. The Morgan fingerprint density at radius 1 is 1.00 bits per heavy atom. The molecule has 0 aliphatic rings. The van der Waals surface area contributed by atoms with Crippen molar-refractivity contribution in [2.24, 2.45) is 0 Å². The molecule has 28 heavy (non-hydrogen) atoms. The van der Waals surface area contributed by atoms with Gasteiger partial charge in [-0.25, -0.2) is 0 Å². The molecular formula is C25H38O3. The maximum absolute atomic E-state index is 11.1. The van der Waals surface area contributed by atoms with Gasteiger partial charge in [0.1, 0.15) is 5.60 Å². The van der Waals surface area contributed by atoms with E-state index in [1.54, 1.807) is 0 Å². The van der Waals surface area contributed by atoms with E-state index in [-0.39, 0.29) is 11.6 Å². The molecule has 0 saturated heterocycles. The summed E-state index contributed by atoms with van der Waals surface area (Å²) in [5.41, 5.74) is 1.35. The number of rotatable bonds is 6. The molecular weight excluding hydrogens is 348 g/mol. The Kier molecular flexibility index (Phi) is 9.16. The SMILES string of the molecule is CC(=O)OC(C)(C)C.CCCCCC(O)(CC)c1ccc(C)c2ccccc12. The van der Waals surface area contributed by atoms with Crippen LogP contribution >= 0.6 is 0 Å². The first-order valence-electron chi connectivity index (χ1n) is 10.4. The fourth-order valence-corrected chi connectivity index (χ4v) is 3.46. The number of aliphatic hydroxyl groups is 1. The Morgan fingerprint density at radius 3 is 2.07 bits per heavy atom. The maximum atomic E-state index is 11.1. The van der Waals surface area contributed by atoms with Crippen molar-refractivity contribution in [3.63, 3.8) is 0 Å². The van der Waals surface area contributed by atoms with Crippen molar-refractivity contribution in [2.45, 2.75) is 91.8 Å². The first kappa shape index (κ1) is 24.2. The molecule has 156 valence electrons. The first-order chi connectivity index (χ1) is 13.0. The summed E-state index contributed by atoms with van der Waals surface area (Å²) in [6, 6.07) is 12.7. The largest absolute Gasteiger partial charge is 0.460 e. The normalized spacial score (nSPS) is 13.4. The monoisotopic (exact) mass is 386 g/mol. The number of hydrogen-bond donors (Lipinski definition) is 1. The third-order valence-electron chi connectivity index (χ3n) is 4.87. The highest BCUT2D eigenvalue weighted by atomic mass is 16.6. The number of ether oxygens (including phenoxy) is 1. The smallest absolute Gasteiger partial charge is 0.303 e. The highest BCUT2D eigenvalue weighted by Gasteiger charge is 2.28. The number of carbonyl (C=O) groups excluding carboxylic acids is 1. The summed E-state index contributed by atoms with van der Waals surface area (Å²) in [5.74, 6) is -0.225. The molecule has 2 rings (SSSR count). The van der Waals surface area contributed by atoms with Gasteiger partial charge < -0.3 is 9.84 Å². The van der Waals surface area contributed by atoms with E-state index < -0.39 is 5.60 Å². The van der Waals surface area contributed by atoms with E-state index >= 15 is 0 Å². The first-order valence-corrected chi connectivity index (χ1v) is 10.4. The van der Waals surface area contributed by atoms with Crippen LogP contribution in [0.15, 0.2) is 36.4 Å². The number of benzene rings is 2. The van der Waals surface area contributed by atoms with E-state index in [2.05, 4.69) is 57.2 Å². The summed E-state index contributed by atoms with van der Waals surface area (Å²) in [5, 5.41) is 13.6. The molecule has 1 atom stereocenters. The second kappa shape index (κ2) is 10.6. The number of fused-ring (bicyclic) bond motifs is 1. The van der Waals surface area contributed by atoms with Gasteiger partial charge >= 0.3 is 5.97 Å². The molecule has 0 fully saturated rings. The van der Waals surface area contributed by atoms with Crippen molar-refractivity contribution in [3.8, 4) is 0 Å². The summed E-state index contributed by atoms with van der Waals surface area (Å²) in [7, 11) is 0. The minimum Gasteiger partial charge on any atom is -0.460 e.